The Kier molecular flexibility index (Phi) is 2.29. The molecule has 56 valence electrons. The van der Waals surface area contributed by atoms with Gasteiger partial charge in [-0.15, -0.1) is 0 Å². The van der Waals surface area contributed by atoms with Gasteiger partial charge in [0.2, 0.25) is 0 Å². The van der Waals surface area contributed by atoms with Gasteiger partial charge in [-0.3, -0.25) is 0 Å². The molecule has 0 amide bonds. The third-order valence-electron chi connectivity index (χ3n) is 1.94. The molecule has 1 atom stereocenters. The second kappa shape index (κ2) is 2.87. The van der Waals surface area contributed by atoms with Crippen molar-refractivity contribution in [2.24, 2.45) is 0 Å². The van der Waals surface area contributed by atoms with Gasteiger partial charge in [0.05, 0.1) is 4.32 Å². The Morgan fingerprint density at radius 3 is 2.90 bits per heavy atom. The number of hydrogen-bond acceptors (Lipinski definition) is 1. The van der Waals surface area contributed by atoms with E-state index < -0.39 is 0 Å². The minimum absolute atomic E-state index is 0.244. The Hall–Kier alpha value is -0.110. The van der Waals surface area contributed by atoms with E-state index in [4.69, 9.17) is 0 Å². The summed E-state index contributed by atoms with van der Waals surface area (Å²) >= 11 is 3.41. The summed E-state index contributed by atoms with van der Waals surface area (Å²) in [5.74, 6) is 0. The van der Waals surface area contributed by atoms with Crippen molar-refractivity contribution in [2.45, 2.75) is 30.5 Å². The molecule has 0 aliphatic heterocycles. The first kappa shape index (κ1) is 7.99. The van der Waals surface area contributed by atoms with Crippen LogP contribution in [0.5, 0.6) is 0 Å². The first-order chi connectivity index (χ1) is 4.66. The summed E-state index contributed by atoms with van der Waals surface area (Å²) in [5, 5.41) is 0. The lowest BCUT2D eigenvalue weighted by atomic mass is 9.91. The molecule has 1 aliphatic rings. The first-order valence-electron chi connectivity index (χ1n) is 3.47. The molecule has 10 heavy (non-hydrogen) atoms. The zero-order chi connectivity index (χ0) is 7.61. The van der Waals surface area contributed by atoms with Crippen LogP contribution < -0.4 is 0 Å². The Morgan fingerprint density at radius 2 is 2.50 bits per heavy atom. The van der Waals surface area contributed by atoms with Crippen molar-refractivity contribution in [1.29, 1.82) is 0 Å². The lowest BCUT2D eigenvalue weighted by Crippen LogP contribution is -2.24. The van der Waals surface area contributed by atoms with Crippen LogP contribution in [0.15, 0.2) is 11.6 Å². The maximum Gasteiger partial charge on any atom is 0.137 e. The molecule has 2 heteroatoms. The predicted molar refractivity (Wildman–Crippen MR) is 45.3 cm³/mol. The summed E-state index contributed by atoms with van der Waals surface area (Å²) in [6.07, 6.45) is 5.98. The maximum atomic E-state index is 10.5. The Bertz CT molecular complexity index is 174. The van der Waals surface area contributed by atoms with Gasteiger partial charge in [0.1, 0.15) is 6.29 Å². The lowest BCUT2D eigenvalue weighted by molar-refractivity contribution is -0.109. The molecule has 1 aliphatic carbocycles. The van der Waals surface area contributed by atoms with Crippen LogP contribution >= 0.6 is 15.9 Å². The summed E-state index contributed by atoms with van der Waals surface area (Å²) in [7, 11) is 0. The van der Waals surface area contributed by atoms with Gasteiger partial charge in [-0.25, -0.2) is 0 Å². The standard InChI is InChI=1S/C8H11BrO/c1-7-2-4-8(9,6-10)5-3-7/h2,6H,3-5H2,1H3. The van der Waals surface area contributed by atoms with Crippen molar-refractivity contribution in [1.82, 2.24) is 0 Å². The molecule has 0 aromatic carbocycles. The van der Waals surface area contributed by atoms with Crippen LogP contribution in [0.3, 0.4) is 0 Å². The van der Waals surface area contributed by atoms with E-state index in [1.165, 1.54) is 5.57 Å². The average molecular weight is 203 g/mol. The molecule has 0 bridgehead atoms. The molecule has 0 saturated heterocycles. The second-order valence-electron chi connectivity index (χ2n) is 2.91. The van der Waals surface area contributed by atoms with Gasteiger partial charge in [0.25, 0.3) is 0 Å². The highest BCUT2D eigenvalue weighted by Gasteiger charge is 2.26. The van der Waals surface area contributed by atoms with Gasteiger partial charge in [0, 0.05) is 0 Å². The van der Waals surface area contributed by atoms with E-state index in [9.17, 15) is 4.79 Å². The molecule has 0 N–H and O–H groups in total. The second-order valence-corrected chi connectivity index (χ2v) is 4.49. The molecule has 0 heterocycles. The smallest absolute Gasteiger partial charge is 0.137 e. The molecule has 1 unspecified atom stereocenters. The van der Waals surface area contributed by atoms with Crippen LogP contribution in [-0.4, -0.2) is 10.6 Å². The van der Waals surface area contributed by atoms with E-state index in [1.807, 2.05) is 0 Å². The van der Waals surface area contributed by atoms with Crippen LogP contribution in [0.1, 0.15) is 26.2 Å². The number of halogens is 1. The number of hydrogen-bond donors (Lipinski definition) is 0. The van der Waals surface area contributed by atoms with Crippen LogP contribution in [-0.2, 0) is 4.79 Å². The molecule has 0 aromatic heterocycles. The van der Waals surface area contributed by atoms with Gasteiger partial charge >= 0.3 is 0 Å². The number of carbonyl (C=O) groups is 1. The molecule has 1 nitrogen and oxygen atoms in total. The van der Waals surface area contributed by atoms with Crippen molar-refractivity contribution in [3.05, 3.63) is 11.6 Å². The summed E-state index contributed by atoms with van der Waals surface area (Å²) < 4.78 is -0.244. The molecule has 1 rings (SSSR count). The summed E-state index contributed by atoms with van der Waals surface area (Å²) in [4.78, 5) is 10.5. The topological polar surface area (TPSA) is 17.1 Å². The van der Waals surface area contributed by atoms with E-state index in [1.54, 1.807) is 0 Å². The normalized spacial score (nSPS) is 33.2. The predicted octanol–water partition coefficient (Wildman–Crippen LogP) is 2.45. The Labute approximate surface area is 69.6 Å². The minimum Gasteiger partial charge on any atom is -0.302 e. The monoisotopic (exact) mass is 202 g/mol. The molecule has 0 aromatic rings. The minimum atomic E-state index is -0.244. The molecular formula is C8H11BrO. The fourth-order valence-electron chi connectivity index (χ4n) is 1.06. The van der Waals surface area contributed by atoms with E-state index in [0.29, 0.717) is 0 Å². The van der Waals surface area contributed by atoms with Gasteiger partial charge in [-0.2, -0.15) is 0 Å². The van der Waals surface area contributed by atoms with Crippen LogP contribution in [0, 0.1) is 0 Å². The van der Waals surface area contributed by atoms with Gasteiger partial charge in [-0.1, -0.05) is 27.6 Å². The first-order valence-corrected chi connectivity index (χ1v) is 4.26. The fourth-order valence-corrected chi connectivity index (χ4v) is 1.42. The van der Waals surface area contributed by atoms with Gasteiger partial charge in [0.15, 0.2) is 0 Å². The zero-order valence-electron chi connectivity index (χ0n) is 6.06. The van der Waals surface area contributed by atoms with Crippen LogP contribution in [0.4, 0.5) is 0 Å². The summed E-state index contributed by atoms with van der Waals surface area (Å²) in [5.41, 5.74) is 1.40. The van der Waals surface area contributed by atoms with Crippen LogP contribution in [0.25, 0.3) is 0 Å². The molecule has 0 saturated carbocycles. The number of aldehydes is 1. The van der Waals surface area contributed by atoms with E-state index in [0.717, 1.165) is 25.5 Å². The number of allylic oxidation sites excluding steroid dienone is 2. The Balaban J connectivity index is 2.64. The van der Waals surface area contributed by atoms with Crippen molar-refractivity contribution in [2.75, 3.05) is 0 Å². The van der Waals surface area contributed by atoms with Crippen LogP contribution in [0.2, 0.25) is 0 Å². The van der Waals surface area contributed by atoms with Crippen molar-refractivity contribution < 1.29 is 4.79 Å². The van der Waals surface area contributed by atoms with Crippen molar-refractivity contribution in [3.8, 4) is 0 Å². The average Bonchev–Trinajstić information content (AvgIpc) is 1.96. The highest BCUT2D eigenvalue weighted by Crippen LogP contribution is 2.32. The lowest BCUT2D eigenvalue weighted by Gasteiger charge is -2.23. The van der Waals surface area contributed by atoms with E-state index >= 15 is 0 Å². The SMILES string of the molecule is CC1=CCC(Br)(C=O)CC1. The highest BCUT2D eigenvalue weighted by molar-refractivity contribution is 9.10. The van der Waals surface area contributed by atoms with Gasteiger partial charge < -0.3 is 4.79 Å². The molecular weight excluding hydrogens is 192 g/mol. The number of alkyl halides is 1. The van der Waals surface area contributed by atoms with Crippen molar-refractivity contribution in [3.63, 3.8) is 0 Å². The summed E-state index contributed by atoms with van der Waals surface area (Å²) in [6, 6.07) is 0. The third-order valence-corrected chi connectivity index (χ3v) is 2.84. The molecule has 0 radical (unpaired) electrons. The number of rotatable bonds is 1. The fraction of sp³-hybridized carbons (Fsp3) is 0.625. The zero-order valence-corrected chi connectivity index (χ0v) is 7.65. The summed E-state index contributed by atoms with van der Waals surface area (Å²) in [6.45, 7) is 2.11. The highest BCUT2D eigenvalue weighted by atomic mass is 79.9. The maximum absolute atomic E-state index is 10.5. The third kappa shape index (κ3) is 1.69. The van der Waals surface area contributed by atoms with Gasteiger partial charge in [-0.05, 0) is 26.2 Å². The molecule has 0 fully saturated rings. The van der Waals surface area contributed by atoms with E-state index in [2.05, 4.69) is 28.9 Å². The van der Waals surface area contributed by atoms with Crippen molar-refractivity contribution >= 4 is 22.2 Å². The molecule has 0 spiro atoms. The quantitative estimate of drug-likeness (QED) is 0.363. The van der Waals surface area contributed by atoms with E-state index in [-0.39, 0.29) is 4.32 Å². The largest absolute Gasteiger partial charge is 0.302 e. The number of carbonyl (C=O) groups excluding carboxylic acids is 1. The Morgan fingerprint density at radius 1 is 1.80 bits per heavy atom.